The van der Waals surface area contributed by atoms with Crippen LogP contribution in [0.1, 0.15) is 22.2 Å². The number of halogens is 1. The van der Waals surface area contributed by atoms with Gasteiger partial charge in [-0.2, -0.15) is 0 Å². The van der Waals surface area contributed by atoms with E-state index < -0.39 is 6.10 Å². The minimum absolute atomic E-state index is 0.457. The third-order valence-electron chi connectivity index (χ3n) is 3.15. The standard InChI is InChI=1S/C15H20ClN3OS/c1-10-14(21-15(18-10)19(2)3)9-17-8-13(20)11-6-4-5-7-12(11)16/h4-7,13,17,20H,8-9H2,1-3H3. The van der Waals surface area contributed by atoms with Gasteiger partial charge in [-0.05, 0) is 13.0 Å². The lowest BCUT2D eigenvalue weighted by atomic mass is 10.1. The summed E-state index contributed by atoms with van der Waals surface area (Å²) in [5, 5.41) is 15.0. The molecule has 0 aliphatic carbocycles. The first-order valence-corrected chi connectivity index (χ1v) is 7.95. The van der Waals surface area contributed by atoms with E-state index >= 15 is 0 Å². The smallest absolute Gasteiger partial charge is 0.185 e. The van der Waals surface area contributed by atoms with E-state index in [4.69, 9.17) is 11.6 Å². The molecule has 1 unspecified atom stereocenters. The second-order valence-corrected chi connectivity index (χ2v) is 6.54. The van der Waals surface area contributed by atoms with E-state index in [1.165, 1.54) is 4.88 Å². The first-order valence-electron chi connectivity index (χ1n) is 6.76. The van der Waals surface area contributed by atoms with Gasteiger partial charge in [-0.25, -0.2) is 4.98 Å². The van der Waals surface area contributed by atoms with E-state index in [-0.39, 0.29) is 0 Å². The predicted octanol–water partition coefficient (Wildman–Crippen LogP) is 2.99. The number of thiazole rings is 1. The number of aliphatic hydroxyl groups excluding tert-OH is 1. The van der Waals surface area contributed by atoms with Crippen LogP contribution in [-0.2, 0) is 6.54 Å². The number of hydrogen-bond acceptors (Lipinski definition) is 5. The second-order valence-electron chi connectivity index (χ2n) is 5.07. The van der Waals surface area contributed by atoms with Crippen molar-refractivity contribution in [3.63, 3.8) is 0 Å². The number of rotatable bonds is 6. The third kappa shape index (κ3) is 4.17. The molecule has 1 aromatic carbocycles. The Morgan fingerprint density at radius 2 is 2.10 bits per heavy atom. The molecule has 0 aliphatic rings. The Balaban J connectivity index is 1.91. The zero-order valence-corrected chi connectivity index (χ0v) is 14.0. The number of aliphatic hydroxyl groups is 1. The zero-order valence-electron chi connectivity index (χ0n) is 12.4. The van der Waals surface area contributed by atoms with E-state index in [2.05, 4.69) is 10.3 Å². The molecular weight excluding hydrogens is 306 g/mol. The molecule has 21 heavy (non-hydrogen) atoms. The van der Waals surface area contributed by atoms with Crippen molar-refractivity contribution in [3.05, 3.63) is 45.4 Å². The van der Waals surface area contributed by atoms with Gasteiger partial charge in [0, 0.05) is 42.6 Å². The molecule has 4 nitrogen and oxygen atoms in total. The monoisotopic (exact) mass is 325 g/mol. The van der Waals surface area contributed by atoms with Gasteiger partial charge in [-0.15, -0.1) is 11.3 Å². The summed E-state index contributed by atoms with van der Waals surface area (Å²) in [5.74, 6) is 0. The maximum atomic E-state index is 10.2. The third-order valence-corrected chi connectivity index (χ3v) is 4.82. The average molecular weight is 326 g/mol. The Bertz CT molecular complexity index is 600. The topological polar surface area (TPSA) is 48.4 Å². The number of hydrogen-bond donors (Lipinski definition) is 2. The summed E-state index contributed by atoms with van der Waals surface area (Å²) in [4.78, 5) is 7.69. The molecule has 0 bridgehead atoms. The minimum atomic E-state index is -0.611. The van der Waals surface area contributed by atoms with Crippen LogP contribution in [0.3, 0.4) is 0 Å². The number of aryl methyl sites for hydroxylation is 1. The van der Waals surface area contributed by atoms with Crippen molar-refractivity contribution in [2.24, 2.45) is 0 Å². The van der Waals surface area contributed by atoms with Crippen LogP contribution in [0.4, 0.5) is 5.13 Å². The van der Waals surface area contributed by atoms with Crippen molar-refractivity contribution in [2.75, 3.05) is 25.5 Å². The van der Waals surface area contributed by atoms with Gasteiger partial charge in [0.2, 0.25) is 0 Å². The molecule has 1 atom stereocenters. The highest BCUT2D eigenvalue weighted by atomic mass is 35.5. The molecule has 0 fully saturated rings. The molecule has 6 heteroatoms. The van der Waals surface area contributed by atoms with Crippen molar-refractivity contribution in [1.82, 2.24) is 10.3 Å². The average Bonchev–Trinajstić information content (AvgIpc) is 2.81. The quantitative estimate of drug-likeness (QED) is 0.857. The molecular formula is C15H20ClN3OS. The summed E-state index contributed by atoms with van der Waals surface area (Å²) >= 11 is 7.74. The molecule has 0 saturated heterocycles. The summed E-state index contributed by atoms with van der Waals surface area (Å²) in [7, 11) is 3.97. The van der Waals surface area contributed by atoms with Crippen molar-refractivity contribution in [2.45, 2.75) is 19.6 Å². The first-order chi connectivity index (χ1) is 9.99. The van der Waals surface area contributed by atoms with Crippen LogP contribution in [0.2, 0.25) is 5.02 Å². The van der Waals surface area contributed by atoms with Gasteiger partial charge in [0.15, 0.2) is 5.13 Å². The van der Waals surface area contributed by atoms with Crippen LogP contribution < -0.4 is 10.2 Å². The maximum Gasteiger partial charge on any atom is 0.185 e. The van der Waals surface area contributed by atoms with Gasteiger partial charge in [0.25, 0.3) is 0 Å². The van der Waals surface area contributed by atoms with Gasteiger partial charge < -0.3 is 15.3 Å². The van der Waals surface area contributed by atoms with Gasteiger partial charge in [-0.1, -0.05) is 29.8 Å². The number of anilines is 1. The molecule has 2 N–H and O–H groups in total. The molecule has 1 heterocycles. The fraction of sp³-hybridized carbons (Fsp3) is 0.400. The molecule has 0 amide bonds. The zero-order chi connectivity index (χ0) is 15.4. The Morgan fingerprint density at radius 3 is 2.71 bits per heavy atom. The van der Waals surface area contributed by atoms with Crippen molar-refractivity contribution < 1.29 is 5.11 Å². The first kappa shape index (κ1) is 16.2. The van der Waals surface area contributed by atoms with Gasteiger partial charge >= 0.3 is 0 Å². The molecule has 2 rings (SSSR count). The SMILES string of the molecule is Cc1nc(N(C)C)sc1CNCC(O)c1ccccc1Cl. The lowest BCUT2D eigenvalue weighted by molar-refractivity contribution is 0.174. The fourth-order valence-electron chi connectivity index (χ4n) is 1.95. The molecule has 0 saturated carbocycles. The van der Waals surface area contributed by atoms with Crippen molar-refractivity contribution >= 4 is 28.1 Å². The van der Waals surface area contributed by atoms with Crippen LogP contribution >= 0.6 is 22.9 Å². The summed E-state index contributed by atoms with van der Waals surface area (Å²) in [6.07, 6.45) is -0.611. The van der Waals surface area contributed by atoms with Crippen molar-refractivity contribution in [1.29, 1.82) is 0 Å². The van der Waals surface area contributed by atoms with Crippen LogP contribution in [-0.4, -0.2) is 30.7 Å². The number of aromatic nitrogens is 1. The Hall–Kier alpha value is -1.14. The van der Waals surface area contributed by atoms with Crippen molar-refractivity contribution in [3.8, 4) is 0 Å². The van der Waals surface area contributed by atoms with Crippen LogP contribution in [0.25, 0.3) is 0 Å². The second kappa shape index (κ2) is 7.22. The Labute approximate surface area is 134 Å². The molecule has 2 aromatic rings. The fourth-order valence-corrected chi connectivity index (χ4v) is 3.16. The van der Waals surface area contributed by atoms with E-state index in [1.807, 2.05) is 44.1 Å². The number of nitrogens with one attached hydrogen (secondary N) is 1. The number of benzene rings is 1. The normalized spacial score (nSPS) is 12.4. The summed E-state index contributed by atoms with van der Waals surface area (Å²) in [6, 6.07) is 7.37. The Kier molecular flexibility index (Phi) is 5.58. The predicted molar refractivity (Wildman–Crippen MR) is 89.3 cm³/mol. The molecule has 0 radical (unpaired) electrons. The molecule has 0 aliphatic heterocycles. The van der Waals surface area contributed by atoms with Crippen LogP contribution in [0, 0.1) is 6.92 Å². The minimum Gasteiger partial charge on any atom is -0.387 e. The lowest BCUT2D eigenvalue weighted by Gasteiger charge is -2.13. The maximum absolute atomic E-state index is 10.2. The number of nitrogens with zero attached hydrogens (tertiary/aromatic N) is 2. The van der Waals surface area contributed by atoms with E-state index in [0.29, 0.717) is 18.1 Å². The van der Waals surface area contributed by atoms with Gasteiger partial charge in [0.1, 0.15) is 0 Å². The summed E-state index contributed by atoms with van der Waals surface area (Å²) in [5.41, 5.74) is 1.78. The molecule has 0 spiro atoms. The van der Waals surface area contributed by atoms with Crippen LogP contribution in [0.5, 0.6) is 0 Å². The van der Waals surface area contributed by atoms with Gasteiger partial charge in [-0.3, -0.25) is 0 Å². The van der Waals surface area contributed by atoms with Crippen LogP contribution in [0.15, 0.2) is 24.3 Å². The highest BCUT2D eigenvalue weighted by molar-refractivity contribution is 7.15. The molecule has 114 valence electrons. The Morgan fingerprint density at radius 1 is 1.38 bits per heavy atom. The van der Waals surface area contributed by atoms with Gasteiger partial charge in [0.05, 0.1) is 11.8 Å². The molecule has 1 aromatic heterocycles. The van der Waals surface area contributed by atoms with E-state index in [1.54, 1.807) is 17.4 Å². The highest BCUT2D eigenvalue weighted by Gasteiger charge is 2.12. The highest BCUT2D eigenvalue weighted by Crippen LogP contribution is 2.25. The summed E-state index contributed by atoms with van der Waals surface area (Å²) in [6.45, 7) is 3.15. The largest absolute Gasteiger partial charge is 0.387 e. The van der Waals surface area contributed by atoms with E-state index in [9.17, 15) is 5.11 Å². The lowest BCUT2D eigenvalue weighted by Crippen LogP contribution is -2.21. The van der Waals surface area contributed by atoms with E-state index in [0.717, 1.165) is 16.4 Å². The summed E-state index contributed by atoms with van der Waals surface area (Å²) < 4.78 is 0.